The maximum Gasteiger partial charge on any atom is 0.266 e. The smallest absolute Gasteiger partial charge is 0.266 e. The van der Waals surface area contributed by atoms with E-state index in [2.05, 4.69) is 41.9 Å². The normalized spacial score (nSPS) is 11.1. The minimum Gasteiger partial charge on any atom is -0.497 e. The molecule has 1 aromatic heterocycles. The van der Waals surface area contributed by atoms with Gasteiger partial charge in [-0.3, -0.25) is 4.79 Å². The molecule has 1 N–H and O–H groups in total. The third-order valence-electron chi connectivity index (χ3n) is 5.21. The van der Waals surface area contributed by atoms with E-state index in [0.717, 1.165) is 22.6 Å². The Labute approximate surface area is 177 Å². The van der Waals surface area contributed by atoms with Crippen molar-refractivity contribution < 1.29 is 9.53 Å². The van der Waals surface area contributed by atoms with E-state index in [1.807, 2.05) is 26.0 Å². The molecule has 0 saturated carbocycles. The van der Waals surface area contributed by atoms with Crippen LogP contribution >= 0.6 is 0 Å². The lowest BCUT2D eigenvalue weighted by Gasteiger charge is -2.12. The van der Waals surface area contributed by atoms with Crippen molar-refractivity contribution in [2.45, 2.75) is 27.7 Å². The molecule has 0 fully saturated rings. The fourth-order valence-electron chi connectivity index (χ4n) is 3.40. The van der Waals surface area contributed by atoms with E-state index in [1.54, 1.807) is 37.5 Å². The number of methoxy groups -OCH3 is 1. The van der Waals surface area contributed by atoms with Crippen molar-refractivity contribution in [1.29, 1.82) is 5.26 Å². The largest absolute Gasteiger partial charge is 0.497 e. The zero-order valence-electron chi connectivity index (χ0n) is 17.9. The van der Waals surface area contributed by atoms with Gasteiger partial charge in [0.25, 0.3) is 5.91 Å². The molecule has 0 radical (unpaired) electrons. The number of carbonyl (C=O) groups excluding carboxylic acids is 1. The number of hydrogen-bond donors (Lipinski definition) is 1. The van der Waals surface area contributed by atoms with E-state index in [4.69, 9.17) is 4.74 Å². The quantitative estimate of drug-likeness (QED) is 0.470. The van der Waals surface area contributed by atoms with Gasteiger partial charge < -0.3 is 14.6 Å². The summed E-state index contributed by atoms with van der Waals surface area (Å²) in [6.45, 7) is 8.18. The number of anilines is 1. The molecule has 0 unspecified atom stereocenters. The van der Waals surface area contributed by atoms with Crippen molar-refractivity contribution in [2.24, 2.45) is 0 Å². The van der Waals surface area contributed by atoms with Crippen LogP contribution in [-0.4, -0.2) is 17.6 Å². The fraction of sp³-hybridized carbons (Fsp3) is 0.200. The van der Waals surface area contributed by atoms with Gasteiger partial charge in [0.2, 0.25) is 0 Å². The summed E-state index contributed by atoms with van der Waals surface area (Å²) in [6, 6.07) is 17.4. The minimum atomic E-state index is -0.457. The van der Waals surface area contributed by atoms with Crippen LogP contribution in [0, 0.1) is 39.0 Å². The van der Waals surface area contributed by atoms with Crippen LogP contribution in [0.5, 0.6) is 5.75 Å². The van der Waals surface area contributed by atoms with Crippen LogP contribution in [0.4, 0.5) is 5.69 Å². The Morgan fingerprint density at radius 2 is 1.83 bits per heavy atom. The molecule has 5 nitrogen and oxygen atoms in total. The van der Waals surface area contributed by atoms with Crippen LogP contribution in [0.1, 0.15) is 28.1 Å². The summed E-state index contributed by atoms with van der Waals surface area (Å²) in [5.41, 5.74) is 6.97. The molecule has 2 aromatic carbocycles. The van der Waals surface area contributed by atoms with Crippen LogP contribution in [0.2, 0.25) is 0 Å². The standard InChI is InChI=1S/C25H25N3O2/c1-16-9-10-23(11-17(16)2)28-18(3)12-20(19(28)4)13-21(15-26)25(29)27-22-7-6-8-24(14-22)30-5/h6-14H,1-5H3,(H,27,29)/b21-13-. The van der Waals surface area contributed by atoms with Crippen molar-refractivity contribution in [3.63, 3.8) is 0 Å². The molecule has 5 heteroatoms. The van der Waals surface area contributed by atoms with Crippen LogP contribution in [0.15, 0.2) is 54.1 Å². The minimum absolute atomic E-state index is 0.0400. The zero-order valence-corrected chi connectivity index (χ0v) is 17.9. The number of ether oxygens (including phenoxy) is 1. The van der Waals surface area contributed by atoms with Gasteiger partial charge in [0.05, 0.1) is 7.11 Å². The predicted molar refractivity (Wildman–Crippen MR) is 120 cm³/mol. The molecular formula is C25H25N3O2. The summed E-state index contributed by atoms with van der Waals surface area (Å²) in [5, 5.41) is 12.3. The van der Waals surface area contributed by atoms with Crippen LogP contribution in [-0.2, 0) is 4.79 Å². The van der Waals surface area contributed by atoms with E-state index in [9.17, 15) is 10.1 Å². The van der Waals surface area contributed by atoms with Gasteiger partial charge in [0.1, 0.15) is 17.4 Å². The van der Waals surface area contributed by atoms with Crippen LogP contribution < -0.4 is 10.1 Å². The lowest BCUT2D eigenvalue weighted by atomic mass is 10.1. The highest BCUT2D eigenvalue weighted by Gasteiger charge is 2.14. The molecule has 0 aliphatic rings. The molecule has 0 aliphatic heterocycles. The first-order valence-corrected chi connectivity index (χ1v) is 9.68. The second-order valence-corrected chi connectivity index (χ2v) is 7.29. The number of aryl methyl sites for hydroxylation is 3. The lowest BCUT2D eigenvalue weighted by molar-refractivity contribution is -0.112. The van der Waals surface area contributed by atoms with Gasteiger partial charge in [-0.25, -0.2) is 0 Å². The van der Waals surface area contributed by atoms with E-state index in [0.29, 0.717) is 11.4 Å². The Kier molecular flexibility index (Phi) is 6.08. The van der Waals surface area contributed by atoms with Crippen molar-refractivity contribution in [3.05, 3.63) is 82.2 Å². The third kappa shape index (κ3) is 4.28. The van der Waals surface area contributed by atoms with Crippen molar-refractivity contribution in [1.82, 2.24) is 4.57 Å². The average Bonchev–Trinajstić information content (AvgIpc) is 3.01. The van der Waals surface area contributed by atoms with E-state index < -0.39 is 5.91 Å². The molecule has 0 aliphatic carbocycles. The molecular weight excluding hydrogens is 374 g/mol. The Hall–Kier alpha value is -3.78. The van der Waals surface area contributed by atoms with Gasteiger partial charge in [0, 0.05) is 28.8 Å². The number of nitriles is 1. The number of carbonyl (C=O) groups is 1. The second kappa shape index (κ2) is 8.71. The average molecular weight is 399 g/mol. The van der Waals surface area contributed by atoms with Gasteiger partial charge in [-0.15, -0.1) is 0 Å². The molecule has 0 bridgehead atoms. The SMILES string of the molecule is COc1cccc(NC(=O)/C(C#N)=C\c2cc(C)n(-c3ccc(C)c(C)c3)c2C)c1. The highest BCUT2D eigenvalue weighted by atomic mass is 16.5. The Balaban J connectivity index is 1.93. The molecule has 152 valence electrons. The van der Waals surface area contributed by atoms with Crippen molar-refractivity contribution in [3.8, 4) is 17.5 Å². The zero-order chi connectivity index (χ0) is 21.8. The van der Waals surface area contributed by atoms with Crippen LogP contribution in [0.3, 0.4) is 0 Å². The Morgan fingerprint density at radius 3 is 2.50 bits per heavy atom. The molecule has 30 heavy (non-hydrogen) atoms. The summed E-state index contributed by atoms with van der Waals surface area (Å²) in [7, 11) is 1.56. The first-order valence-electron chi connectivity index (χ1n) is 9.68. The number of nitrogens with one attached hydrogen (secondary N) is 1. The molecule has 0 atom stereocenters. The maximum atomic E-state index is 12.7. The summed E-state index contributed by atoms with van der Waals surface area (Å²) in [6.07, 6.45) is 1.63. The van der Waals surface area contributed by atoms with Gasteiger partial charge in [-0.1, -0.05) is 12.1 Å². The summed E-state index contributed by atoms with van der Waals surface area (Å²) in [5.74, 6) is 0.175. The van der Waals surface area contributed by atoms with Crippen molar-refractivity contribution >= 4 is 17.7 Å². The summed E-state index contributed by atoms with van der Waals surface area (Å²) < 4.78 is 7.31. The molecule has 3 rings (SSSR count). The monoisotopic (exact) mass is 399 g/mol. The molecule has 1 amide bonds. The Morgan fingerprint density at radius 1 is 1.07 bits per heavy atom. The lowest BCUT2D eigenvalue weighted by Crippen LogP contribution is -2.13. The number of rotatable bonds is 5. The van der Waals surface area contributed by atoms with E-state index in [1.165, 1.54) is 11.1 Å². The fourth-order valence-corrected chi connectivity index (χ4v) is 3.40. The molecule has 1 heterocycles. The highest BCUT2D eigenvalue weighted by molar-refractivity contribution is 6.09. The van der Waals surface area contributed by atoms with Gasteiger partial charge in [-0.2, -0.15) is 5.26 Å². The van der Waals surface area contributed by atoms with Gasteiger partial charge >= 0.3 is 0 Å². The Bertz CT molecular complexity index is 1180. The van der Waals surface area contributed by atoms with Gasteiger partial charge in [-0.05, 0) is 80.8 Å². The third-order valence-corrected chi connectivity index (χ3v) is 5.21. The number of benzene rings is 2. The van der Waals surface area contributed by atoms with Crippen molar-refractivity contribution in [2.75, 3.05) is 12.4 Å². The summed E-state index contributed by atoms with van der Waals surface area (Å²) >= 11 is 0. The number of amides is 1. The predicted octanol–water partition coefficient (Wildman–Crippen LogP) is 5.27. The van der Waals surface area contributed by atoms with Crippen LogP contribution in [0.25, 0.3) is 11.8 Å². The second-order valence-electron chi connectivity index (χ2n) is 7.29. The molecule has 0 spiro atoms. The first-order chi connectivity index (χ1) is 14.3. The van der Waals surface area contributed by atoms with E-state index in [-0.39, 0.29) is 5.57 Å². The topological polar surface area (TPSA) is 67.0 Å². The highest BCUT2D eigenvalue weighted by Crippen LogP contribution is 2.25. The van der Waals surface area contributed by atoms with E-state index >= 15 is 0 Å². The number of nitrogens with zero attached hydrogens (tertiary/aromatic N) is 2. The number of aromatic nitrogens is 1. The summed E-state index contributed by atoms with van der Waals surface area (Å²) in [4.78, 5) is 12.7. The number of hydrogen-bond acceptors (Lipinski definition) is 3. The molecule has 3 aromatic rings. The molecule has 0 saturated heterocycles. The van der Waals surface area contributed by atoms with Gasteiger partial charge in [0.15, 0.2) is 0 Å². The first kappa shape index (κ1) is 20.9. The maximum absolute atomic E-state index is 12.7.